The van der Waals surface area contributed by atoms with E-state index in [2.05, 4.69) is 13.8 Å². The molecule has 13 heavy (non-hydrogen) atoms. The molecular formula is C10H18N2O. The highest BCUT2D eigenvalue weighted by molar-refractivity contribution is 5.89. The van der Waals surface area contributed by atoms with E-state index in [0.29, 0.717) is 0 Å². The first kappa shape index (κ1) is 9.00. The van der Waals surface area contributed by atoms with Crippen molar-refractivity contribution in [3.63, 3.8) is 0 Å². The van der Waals surface area contributed by atoms with Crippen molar-refractivity contribution >= 4 is 5.91 Å². The number of likely N-dealkylation sites (tertiary alicyclic amines) is 1. The van der Waals surface area contributed by atoms with Crippen LogP contribution in [0.5, 0.6) is 0 Å². The van der Waals surface area contributed by atoms with Gasteiger partial charge in [0.2, 0.25) is 5.91 Å². The standard InChI is InChI=1S/C10H18N2O/c1-9(2)4-3-7-12(9)8(13)10(11)5-6-10/h3-7,11H2,1-2H3. The molecule has 2 rings (SSSR count). The summed E-state index contributed by atoms with van der Waals surface area (Å²) in [7, 11) is 0. The molecule has 1 saturated heterocycles. The molecule has 1 saturated carbocycles. The first-order chi connectivity index (χ1) is 5.96. The third-order valence-electron chi connectivity index (χ3n) is 3.36. The van der Waals surface area contributed by atoms with Gasteiger partial charge in [0.15, 0.2) is 0 Å². The van der Waals surface area contributed by atoms with Gasteiger partial charge >= 0.3 is 0 Å². The first-order valence-corrected chi connectivity index (χ1v) is 5.07. The highest BCUT2D eigenvalue weighted by Crippen LogP contribution is 2.38. The fraction of sp³-hybridized carbons (Fsp3) is 0.900. The average molecular weight is 182 g/mol. The van der Waals surface area contributed by atoms with Gasteiger partial charge in [-0.3, -0.25) is 4.79 Å². The Hall–Kier alpha value is -0.570. The Morgan fingerprint density at radius 3 is 2.31 bits per heavy atom. The summed E-state index contributed by atoms with van der Waals surface area (Å²) in [6.45, 7) is 5.15. The van der Waals surface area contributed by atoms with Gasteiger partial charge in [0.1, 0.15) is 0 Å². The Morgan fingerprint density at radius 2 is 1.92 bits per heavy atom. The molecule has 0 aromatic rings. The molecule has 1 heterocycles. The Bertz CT molecular complexity index is 243. The van der Waals surface area contributed by atoms with E-state index >= 15 is 0 Å². The molecule has 1 aliphatic carbocycles. The van der Waals surface area contributed by atoms with E-state index in [9.17, 15) is 4.79 Å². The molecule has 3 heteroatoms. The number of hydrogen-bond acceptors (Lipinski definition) is 2. The smallest absolute Gasteiger partial charge is 0.243 e. The summed E-state index contributed by atoms with van der Waals surface area (Å²) < 4.78 is 0. The molecule has 0 spiro atoms. The number of hydrogen-bond donors (Lipinski definition) is 1. The second-order valence-electron chi connectivity index (χ2n) is 5.03. The van der Waals surface area contributed by atoms with E-state index in [1.807, 2.05) is 4.90 Å². The molecule has 1 aliphatic heterocycles. The SMILES string of the molecule is CC1(C)CCCN1C(=O)C1(N)CC1. The van der Waals surface area contributed by atoms with Gasteiger partial charge in [0.25, 0.3) is 0 Å². The molecular weight excluding hydrogens is 164 g/mol. The van der Waals surface area contributed by atoms with Gasteiger partial charge in [-0.2, -0.15) is 0 Å². The maximum atomic E-state index is 11.9. The molecule has 0 radical (unpaired) electrons. The molecule has 0 atom stereocenters. The summed E-state index contributed by atoms with van der Waals surface area (Å²) in [6.07, 6.45) is 3.97. The lowest BCUT2D eigenvalue weighted by atomic mass is 10.0. The molecule has 2 N–H and O–H groups in total. The van der Waals surface area contributed by atoms with Crippen LogP contribution < -0.4 is 5.73 Å². The average Bonchev–Trinajstić information content (AvgIpc) is 2.68. The van der Waals surface area contributed by atoms with Crippen LogP contribution in [-0.2, 0) is 4.79 Å². The van der Waals surface area contributed by atoms with Gasteiger partial charge < -0.3 is 10.6 Å². The second-order valence-corrected chi connectivity index (χ2v) is 5.03. The van der Waals surface area contributed by atoms with E-state index < -0.39 is 5.54 Å². The molecule has 0 aromatic heterocycles. The van der Waals surface area contributed by atoms with Crippen molar-refractivity contribution in [1.29, 1.82) is 0 Å². The van der Waals surface area contributed by atoms with Crippen LogP contribution in [0.3, 0.4) is 0 Å². The van der Waals surface area contributed by atoms with Crippen LogP contribution in [0.1, 0.15) is 39.5 Å². The molecule has 2 aliphatic rings. The van der Waals surface area contributed by atoms with E-state index in [-0.39, 0.29) is 11.4 Å². The molecule has 3 nitrogen and oxygen atoms in total. The largest absolute Gasteiger partial charge is 0.336 e. The Balaban J connectivity index is 2.12. The van der Waals surface area contributed by atoms with Crippen molar-refractivity contribution in [3.05, 3.63) is 0 Å². The van der Waals surface area contributed by atoms with Crippen molar-refractivity contribution in [1.82, 2.24) is 4.90 Å². The van der Waals surface area contributed by atoms with Gasteiger partial charge in [0.05, 0.1) is 5.54 Å². The normalized spacial score (nSPS) is 29.0. The van der Waals surface area contributed by atoms with E-state index in [4.69, 9.17) is 5.73 Å². The molecule has 0 bridgehead atoms. The predicted octanol–water partition coefficient (Wildman–Crippen LogP) is 0.879. The van der Waals surface area contributed by atoms with Crippen LogP contribution in [0.2, 0.25) is 0 Å². The molecule has 74 valence electrons. The fourth-order valence-corrected chi connectivity index (χ4v) is 2.10. The van der Waals surface area contributed by atoms with Crippen LogP contribution in [0, 0.1) is 0 Å². The van der Waals surface area contributed by atoms with Crippen LogP contribution >= 0.6 is 0 Å². The maximum absolute atomic E-state index is 11.9. The summed E-state index contributed by atoms with van der Waals surface area (Å²) in [6, 6.07) is 0. The molecule has 0 unspecified atom stereocenters. The number of rotatable bonds is 1. The third kappa shape index (κ3) is 1.35. The van der Waals surface area contributed by atoms with Crippen molar-refractivity contribution in [3.8, 4) is 0 Å². The summed E-state index contributed by atoms with van der Waals surface area (Å²) in [5, 5.41) is 0. The Labute approximate surface area is 79.3 Å². The predicted molar refractivity (Wildman–Crippen MR) is 51.2 cm³/mol. The van der Waals surface area contributed by atoms with Gasteiger partial charge in [-0.05, 0) is 39.5 Å². The summed E-state index contributed by atoms with van der Waals surface area (Å²) in [5.41, 5.74) is 5.45. The summed E-state index contributed by atoms with van der Waals surface area (Å²) >= 11 is 0. The van der Waals surface area contributed by atoms with E-state index in [1.54, 1.807) is 0 Å². The quantitative estimate of drug-likeness (QED) is 0.654. The lowest BCUT2D eigenvalue weighted by Crippen LogP contribution is -2.51. The minimum absolute atomic E-state index is 0.0338. The Kier molecular flexibility index (Phi) is 1.71. The van der Waals surface area contributed by atoms with Crippen LogP contribution in [-0.4, -0.2) is 28.4 Å². The maximum Gasteiger partial charge on any atom is 0.243 e. The Morgan fingerprint density at radius 1 is 1.31 bits per heavy atom. The summed E-state index contributed by atoms with van der Waals surface area (Å²) in [5.74, 6) is 0.176. The number of nitrogens with two attached hydrogens (primary N) is 1. The monoisotopic (exact) mass is 182 g/mol. The lowest BCUT2D eigenvalue weighted by molar-refractivity contribution is -0.136. The van der Waals surface area contributed by atoms with Crippen LogP contribution in [0.25, 0.3) is 0 Å². The van der Waals surface area contributed by atoms with Crippen molar-refractivity contribution in [2.24, 2.45) is 5.73 Å². The zero-order chi connectivity index (χ0) is 9.69. The van der Waals surface area contributed by atoms with Crippen molar-refractivity contribution < 1.29 is 4.79 Å². The molecule has 1 amide bonds. The lowest BCUT2D eigenvalue weighted by Gasteiger charge is -2.33. The fourth-order valence-electron chi connectivity index (χ4n) is 2.10. The topological polar surface area (TPSA) is 46.3 Å². The highest BCUT2D eigenvalue weighted by atomic mass is 16.2. The van der Waals surface area contributed by atoms with Crippen molar-refractivity contribution in [2.75, 3.05) is 6.54 Å². The minimum Gasteiger partial charge on any atom is -0.336 e. The number of carbonyl (C=O) groups is 1. The number of amides is 1. The zero-order valence-corrected chi connectivity index (χ0v) is 8.47. The molecule has 2 fully saturated rings. The molecule has 0 aromatic carbocycles. The second kappa shape index (κ2) is 2.47. The first-order valence-electron chi connectivity index (χ1n) is 5.07. The third-order valence-corrected chi connectivity index (χ3v) is 3.36. The zero-order valence-electron chi connectivity index (χ0n) is 8.47. The van der Waals surface area contributed by atoms with Crippen LogP contribution in [0.15, 0.2) is 0 Å². The van der Waals surface area contributed by atoms with E-state index in [0.717, 1.165) is 32.2 Å². The van der Waals surface area contributed by atoms with Gasteiger partial charge in [0, 0.05) is 12.1 Å². The number of carbonyl (C=O) groups excluding carboxylic acids is 1. The highest BCUT2D eigenvalue weighted by Gasteiger charge is 2.51. The van der Waals surface area contributed by atoms with Gasteiger partial charge in [-0.25, -0.2) is 0 Å². The van der Waals surface area contributed by atoms with Gasteiger partial charge in [-0.15, -0.1) is 0 Å². The van der Waals surface area contributed by atoms with Crippen molar-refractivity contribution in [2.45, 2.75) is 50.6 Å². The summed E-state index contributed by atoms with van der Waals surface area (Å²) in [4.78, 5) is 13.9. The van der Waals surface area contributed by atoms with E-state index in [1.165, 1.54) is 0 Å². The number of nitrogens with zero attached hydrogens (tertiary/aromatic N) is 1. The minimum atomic E-state index is -0.485. The van der Waals surface area contributed by atoms with Crippen LogP contribution in [0.4, 0.5) is 0 Å². The van der Waals surface area contributed by atoms with Gasteiger partial charge in [-0.1, -0.05) is 0 Å².